The molecule has 0 saturated heterocycles. The van der Waals surface area contributed by atoms with E-state index in [4.69, 9.17) is 0 Å². The van der Waals surface area contributed by atoms with E-state index in [-0.39, 0.29) is 11.8 Å². The van der Waals surface area contributed by atoms with E-state index in [0.29, 0.717) is 19.3 Å². The van der Waals surface area contributed by atoms with Crippen molar-refractivity contribution in [2.24, 2.45) is 17.8 Å². The van der Waals surface area contributed by atoms with Gasteiger partial charge in [0.1, 0.15) is 5.78 Å². The average molecular weight is 206 g/mol. The Morgan fingerprint density at radius 1 is 1.29 bits per heavy atom. The zero-order valence-electron chi connectivity index (χ0n) is 7.30. The first kappa shape index (κ1) is 9.68. The van der Waals surface area contributed by atoms with Crippen molar-refractivity contribution < 1.29 is 22.8 Å². The largest absolute Gasteiger partial charge is 0.450 e. The summed E-state index contributed by atoms with van der Waals surface area (Å²) in [5, 5.41) is 0. The molecule has 0 aromatic carbocycles. The average Bonchev–Trinajstić information content (AvgIpc) is 2.61. The van der Waals surface area contributed by atoms with Gasteiger partial charge in [0.05, 0.1) is 5.92 Å². The first-order valence-corrected chi connectivity index (χ1v) is 4.56. The minimum atomic E-state index is -4.86. The molecule has 2 aliphatic carbocycles. The first-order chi connectivity index (χ1) is 6.41. The van der Waals surface area contributed by atoms with Crippen LogP contribution in [0.3, 0.4) is 0 Å². The molecule has 0 aliphatic heterocycles. The molecule has 0 radical (unpaired) electrons. The predicted molar refractivity (Wildman–Crippen MR) is 40.4 cm³/mol. The van der Waals surface area contributed by atoms with Crippen LogP contribution >= 0.6 is 0 Å². The van der Waals surface area contributed by atoms with Crippen LogP contribution in [0.15, 0.2) is 0 Å². The predicted octanol–water partition coefficient (Wildman–Crippen LogP) is 1.73. The zero-order valence-corrected chi connectivity index (χ0v) is 7.30. The number of hydrogen-bond donors (Lipinski definition) is 0. The Labute approximate surface area is 78.5 Å². The van der Waals surface area contributed by atoms with Crippen LogP contribution in [0.25, 0.3) is 0 Å². The Kier molecular flexibility index (Phi) is 1.94. The van der Waals surface area contributed by atoms with Gasteiger partial charge in [-0.1, -0.05) is 0 Å². The van der Waals surface area contributed by atoms with Crippen molar-refractivity contribution in [1.29, 1.82) is 0 Å². The van der Waals surface area contributed by atoms with Gasteiger partial charge in [0.25, 0.3) is 0 Å². The van der Waals surface area contributed by atoms with Gasteiger partial charge in [-0.05, 0) is 25.2 Å². The molecule has 0 spiro atoms. The Morgan fingerprint density at radius 3 is 2.36 bits per heavy atom. The lowest BCUT2D eigenvalue weighted by atomic mass is 9.84. The summed E-state index contributed by atoms with van der Waals surface area (Å²) in [6.45, 7) is 0. The van der Waals surface area contributed by atoms with Crippen LogP contribution in [-0.4, -0.2) is 17.7 Å². The van der Waals surface area contributed by atoms with Crippen molar-refractivity contribution >= 4 is 11.6 Å². The molecule has 2 nitrogen and oxygen atoms in total. The van der Waals surface area contributed by atoms with Crippen molar-refractivity contribution in [1.82, 2.24) is 0 Å². The summed E-state index contributed by atoms with van der Waals surface area (Å²) >= 11 is 0. The van der Waals surface area contributed by atoms with E-state index in [1.807, 2.05) is 0 Å². The lowest BCUT2D eigenvalue weighted by Crippen LogP contribution is -2.38. The van der Waals surface area contributed by atoms with E-state index < -0.39 is 23.7 Å². The van der Waals surface area contributed by atoms with Crippen molar-refractivity contribution in [2.45, 2.75) is 25.4 Å². The molecule has 0 amide bonds. The number of rotatable bonds is 1. The molecule has 0 aromatic rings. The van der Waals surface area contributed by atoms with Crippen LogP contribution in [0.2, 0.25) is 0 Å². The molecule has 2 rings (SSSR count). The molecule has 3 atom stereocenters. The van der Waals surface area contributed by atoms with Gasteiger partial charge >= 0.3 is 6.18 Å². The summed E-state index contributed by atoms with van der Waals surface area (Å²) in [7, 11) is 0. The van der Waals surface area contributed by atoms with Gasteiger partial charge in [0.2, 0.25) is 5.78 Å². The fourth-order valence-corrected chi connectivity index (χ4v) is 2.58. The highest BCUT2D eigenvalue weighted by Crippen LogP contribution is 2.47. The summed E-state index contributed by atoms with van der Waals surface area (Å²) in [4.78, 5) is 22.3. The topological polar surface area (TPSA) is 34.1 Å². The highest BCUT2D eigenvalue weighted by atomic mass is 19.4. The summed E-state index contributed by atoms with van der Waals surface area (Å²) in [5.74, 6) is -4.33. The summed E-state index contributed by atoms with van der Waals surface area (Å²) in [6, 6.07) is 0. The maximum Gasteiger partial charge on any atom is 0.450 e. The standard InChI is InChI=1S/C9H9F3O2/c10-9(11,12)8(14)6-4-1-2-5(3-4)7(6)13/h4-6H,1-3H2. The second-order valence-electron chi connectivity index (χ2n) is 4.01. The van der Waals surface area contributed by atoms with Gasteiger partial charge in [-0.2, -0.15) is 13.2 Å². The van der Waals surface area contributed by atoms with Crippen molar-refractivity contribution in [3.8, 4) is 0 Å². The van der Waals surface area contributed by atoms with Crippen molar-refractivity contribution in [2.75, 3.05) is 0 Å². The van der Waals surface area contributed by atoms with E-state index in [9.17, 15) is 22.8 Å². The number of carbonyl (C=O) groups excluding carboxylic acids is 2. The maximum absolute atomic E-state index is 12.1. The zero-order chi connectivity index (χ0) is 10.5. The van der Waals surface area contributed by atoms with E-state index in [1.54, 1.807) is 0 Å². The molecule has 78 valence electrons. The molecule has 3 unspecified atom stereocenters. The Balaban J connectivity index is 2.20. The third-order valence-electron chi connectivity index (χ3n) is 3.22. The van der Waals surface area contributed by atoms with E-state index in [1.165, 1.54) is 0 Å². The first-order valence-electron chi connectivity index (χ1n) is 4.56. The van der Waals surface area contributed by atoms with Crippen LogP contribution in [-0.2, 0) is 9.59 Å². The monoisotopic (exact) mass is 206 g/mol. The lowest BCUT2D eigenvalue weighted by molar-refractivity contribution is -0.178. The molecule has 14 heavy (non-hydrogen) atoms. The van der Waals surface area contributed by atoms with Crippen LogP contribution in [0.5, 0.6) is 0 Å². The van der Waals surface area contributed by atoms with Crippen molar-refractivity contribution in [3.63, 3.8) is 0 Å². The molecule has 2 fully saturated rings. The van der Waals surface area contributed by atoms with E-state index >= 15 is 0 Å². The number of Topliss-reactive ketones (excluding diaryl/α,β-unsaturated/α-hetero) is 2. The molecule has 5 heteroatoms. The molecule has 2 saturated carbocycles. The Hall–Kier alpha value is -0.870. The Morgan fingerprint density at radius 2 is 1.93 bits per heavy atom. The normalized spacial score (nSPS) is 36.5. The second kappa shape index (κ2) is 2.81. The number of alkyl halides is 3. The minimum Gasteiger partial charge on any atom is -0.299 e. The lowest BCUT2D eigenvalue weighted by Gasteiger charge is -2.19. The highest BCUT2D eigenvalue weighted by molar-refractivity contribution is 6.07. The highest BCUT2D eigenvalue weighted by Gasteiger charge is 2.56. The number of halogens is 3. The molecule has 2 bridgehead atoms. The molecule has 2 aliphatic rings. The molecule has 0 heterocycles. The van der Waals surface area contributed by atoms with Crippen molar-refractivity contribution in [3.05, 3.63) is 0 Å². The van der Waals surface area contributed by atoms with Gasteiger partial charge in [-0.25, -0.2) is 0 Å². The number of fused-ring (bicyclic) bond motifs is 2. The smallest absolute Gasteiger partial charge is 0.299 e. The third kappa shape index (κ3) is 1.26. The second-order valence-corrected chi connectivity index (χ2v) is 4.01. The Bertz CT molecular complexity index is 295. The van der Waals surface area contributed by atoms with E-state index in [0.717, 1.165) is 0 Å². The summed E-state index contributed by atoms with van der Waals surface area (Å²) < 4.78 is 36.3. The molecular formula is C9H9F3O2. The molecule has 0 N–H and O–H groups in total. The third-order valence-corrected chi connectivity index (χ3v) is 3.22. The maximum atomic E-state index is 12.1. The number of carbonyl (C=O) groups is 2. The van der Waals surface area contributed by atoms with Crippen LogP contribution in [0, 0.1) is 17.8 Å². The SMILES string of the molecule is O=C1C2CCC(C2)C1C(=O)C(F)(F)F. The molecular weight excluding hydrogens is 197 g/mol. The van der Waals surface area contributed by atoms with Gasteiger partial charge in [-0.15, -0.1) is 0 Å². The van der Waals surface area contributed by atoms with E-state index in [2.05, 4.69) is 0 Å². The van der Waals surface area contributed by atoms with Crippen LogP contribution in [0.1, 0.15) is 19.3 Å². The molecule has 0 aromatic heterocycles. The van der Waals surface area contributed by atoms with Gasteiger partial charge in [0.15, 0.2) is 0 Å². The van der Waals surface area contributed by atoms with Gasteiger partial charge < -0.3 is 0 Å². The summed E-state index contributed by atoms with van der Waals surface area (Å²) in [5.41, 5.74) is 0. The van der Waals surface area contributed by atoms with Crippen LogP contribution < -0.4 is 0 Å². The van der Waals surface area contributed by atoms with Crippen LogP contribution in [0.4, 0.5) is 13.2 Å². The van der Waals surface area contributed by atoms with Gasteiger partial charge in [-0.3, -0.25) is 9.59 Å². The quantitative estimate of drug-likeness (QED) is 0.612. The minimum absolute atomic E-state index is 0.281. The number of ketones is 2. The number of hydrogen-bond acceptors (Lipinski definition) is 2. The fourth-order valence-electron chi connectivity index (χ4n) is 2.58. The fraction of sp³-hybridized carbons (Fsp3) is 0.778. The van der Waals surface area contributed by atoms with Gasteiger partial charge in [0, 0.05) is 5.92 Å². The summed E-state index contributed by atoms with van der Waals surface area (Å²) in [6.07, 6.45) is -3.13.